The van der Waals surface area contributed by atoms with E-state index in [0.717, 1.165) is 5.56 Å². The molecule has 1 rings (SSSR count). The first-order valence-electron chi connectivity index (χ1n) is 7.10. The third kappa shape index (κ3) is 5.14. The Morgan fingerprint density at radius 1 is 1.29 bits per heavy atom. The fourth-order valence-corrected chi connectivity index (χ4v) is 1.97. The number of para-hydroxylation sites is 1. The van der Waals surface area contributed by atoms with Gasteiger partial charge in [0.25, 0.3) is 0 Å². The molecule has 116 valence electrons. The Hall–Kier alpha value is -1.97. The van der Waals surface area contributed by atoms with Gasteiger partial charge in [0.15, 0.2) is 11.5 Å². The number of carboxylic acids is 1. The van der Waals surface area contributed by atoms with Gasteiger partial charge in [0.05, 0.1) is 6.61 Å². The fourth-order valence-electron chi connectivity index (χ4n) is 1.97. The Labute approximate surface area is 126 Å². The number of hydrogen-bond acceptors (Lipinski definition) is 3. The van der Waals surface area contributed by atoms with Gasteiger partial charge in [0.2, 0.25) is 0 Å². The summed E-state index contributed by atoms with van der Waals surface area (Å²) >= 11 is 0. The van der Waals surface area contributed by atoms with Crippen molar-refractivity contribution in [3.05, 3.63) is 35.9 Å². The molecule has 21 heavy (non-hydrogen) atoms. The molecule has 0 heterocycles. The quantitative estimate of drug-likeness (QED) is 0.591. The van der Waals surface area contributed by atoms with E-state index in [-0.39, 0.29) is 16.7 Å². The number of rotatable bonds is 7. The van der Waals surface area contributed by atoms with Crippen LogP contribution in [-0.4, -0.2) is 22.8 Å². The highest BCUT2D eigenvalue weighted by Gasteiger charge is 2.20. The van der Waals surface area contributed by atoms with E-state index >= 15 is 0 Å². The highest BCUT2D eigenvalue weighted by atomic mass is 16.5. The largest absolute Gasteiger partial charge is 0.504 e. The minimum absolute atomic E-state index is 0.150. The SMILES string of the molecule is C=C(CCCCOc1cccc(C(C)(C)C)c1O)C(=O)O. The maximum absolute atomic E-state index is 10.6. The third-order valence-electron chi connectivity index (χ3n) is 3.24. The lowest BCUT2D eigenvalue weighted by Crippen LogP contribution is -2.11. The Kier molecular flexibility index (Phi) is 5.82. The van der Waals surface area contributed by atoms with Crippen LogP contribution in [0.3, 0.4) is 0 Å². The summed E-state index contributed by atoms with van der Waals surface area (Å²) in [5.74, 6) is -0.300. The van der Waals surface area contributed by atoms with E-state index in [0.29, 0.717) is 31.6 Å². The summed E-state index contributed by atoms with van der Waals surface area (Å²) in [4.78, 5) is 10.6. The van der Waals surface area contributed by atoms with Crippen LogP contribution in [0.2, 0.25) is 0 Å². The number of carboxylic acid groups (broad SMARTS) is 1. The van der Waals surface area contributed by atoms with Crippen LogP contribution in [0.15, 0.2) is 30.4 Å². The van der Waals surface area contributed by atoms with Crippen molar-refractivity contribution in [1.29, 1.82) is 0 Å². The minimum atomic E-state index is -0.952. The van der Waals surface area contributed by atoms with Crippen LogP contribution in [0.4, 0.5) is 0 Å². The predicted molar refractivity (Wildman–Crippen MR) is 82.9 cm³/mol. The summed E-state index contributed by atoms with van der Waals surface area (Å²) < 4.78 is 5.59. The van der Waals surface area contributed by atoms with Crippen molar-refractivity contribution < 1.29 is 19.7 Å². The molecule has 0 unspecified atom stereocenters. The number of aliphatic carboxylic acids is 1. The topological polar surface area (TPSA) is 66.8 Å². The van der Waals surface area contributed by atoms with Gasteiger partial charge in [-0.25, -0.2) is 4.79 Å². The third-order valence-corrected chi connectivity index (χ3v) is 3.24. The number of benzene rings is 1. The van der Waals surface area contributed by atoms with Gasteiger partial charge in [-0.1, -0.05) is 39.5 Å². The number of carbonyl (C=O) groups is 1. The summed E-state index contributed by atoms with van der Waals surface area (Å²) in [5.41, 5.74) is 0.912. The monoisotopic (exact) mass is 292 g/mol. The highest BCUT2D eigenvalue weighted by Crippen LogP contribution is 2.37. The Bertz CT molecular complexity index is 512. The minimum Gasteiger partial charge on any atom is -0.504 e. The number of unbranched alkanes of at least 4 members (excludes halogenated alkanes) is 1. The second-order valence-corrected chi connectivity index (χ2v) is 6.12. The molecule has 4 nitrogen and oxygen atoms in total. The molecule has 0 fully saturated rings. The summed E-state index contributed by atoms with van der Waals surface area (Å²) in [7, 11) is 0. The summed E-state index contributed by atoms with van der Waals surface area (Å²) in [5, 5.41) is 18.9. The number of phenolic OH excluding ortho intramolecular Hbond substituents is 1. The van der Waals surface area contributed by atoms with Crippen LogP contribution in [0, 0.1) is 0 Å². The maximum Gasteiger partial charge on any atom is 0.330 e. The molecule has 1 aromatic carbocycles. The average Bonchev–Trinajstić information content (AvgIpc) is 2.38. The Morgan fingerprint density at radius 2 is 1.95 bits per heavy atom. The van der Waals surface area contributed by atoms with E-state index in [1.807, 2.05) is 32.9 Å². The van der Waals surface area contributed by atoms with E-state index in [9.17, 15) is 9.90 Å². The van der Waals surface area contributed by atoms with Gasteiger partial charge in [-0.15, -0.1) is 0 Å². The summed E-state index contributed by atoms with van der Waals surface area (Å²) in [6, 6.07) is 5.49. The molecule has 0 aliphatic heterocycles. The number of ether oxygens (including phenoxy) is 1. The second kappa shape index (κ2) is 7.16. The van der Waals surface area contributed by atoms with E-state index in [1.54, 1.807) is 6.07 Å². The van der Waals surface area contributed by atoms with Gasteiger partial charge in [-0.3, -0.25) is 0 Å². The van der Waals surface area contributed by atoms with Crippen molar-refractivity contribution in [3.8, 4) is 11.5 Å². The molecule has 0 aliphatic carbocycles. The number of aromatic hydroxyl groups is 1. The van der Waals surface area contributed by atoms with Gasteiger partial charge < -0.3 is 14.9 Å². The molecular formula is C17H24O4. The van der Waals surface area contributed by atoms with Crippen molar-refractivity contribution in [1.82, 2.24) is 0 Å². The van der Waals surface area contributed by atoms with E-state index < -0.39 is 5.97 Å². The highest BCUT2D eigenvalue weighted by molar-refractivity contribution is 5.85. The molecule has 1 aromatic rings. The summed E-state index contributed by atoms with van der Waals surface area (Å²) in [6.07, 6.45) is 1.86. The molecule has 2 N–H and O–H groups in total. The zero-order valence-electron chi connectivity index (χ0n) is 13.0. The second-order valence-electron chi connectivity index (χ2n) is 6.12. The predicted octanol–water partition coefficient (Wildman–Crippen LogP) is 3.88. The van der Waals surface area contributed by atoms with Crippen molar-refractivity contribution in [2.45, 2.75) is 45.4 Å². The van der Waals surface area contributed by atoms with Crippen LogP contribution in [0.25, 0.3) is 0 Å². The lowest BCUT2D eigenvalue weighted by Gasteiger charge is -2.21. The van der Waals surface area contributed by atoms with Crippen molar-refractivity contribution in [2.75, 3.05) is 6.61 Å². The first-order valence-corrected chi connectivity index (χ1v) is 7.10. The average molecular weight is 292 g/mol. The lowest BCUT2D eigenvalue weighted by molar-refractivity contribution is -0.132. The van der Waals surface area contributed by atoms with Crippen LogP contribution >= 0.6 is 0 Å². The Morgan fingerprint density at radius 3 is 2.52 bits per heavy atom. The lowest BCUT2D eigenvalue weighted by atomic mass is 9.86. The van der Waals surface area contributed by atoms with Gasteiger partial charge in [-0.05, 0) is 30.7 Å². The molecule has 4 heteroatoms. The van der Waals surface area contributed by atoms with Crippen molar-refractivity contribution in [2.24, 2.45) is 0 Å². The molecule has 0 bridgehead atoms. The molecule has 0 amide bonds. The standard InChI is InChI=1S/C17H24O4/c1-12(16(19)20)8-5-6-11-21-14-10-7-9-13(15(14)18)17(2,3)4/h7,9-10,18H,1,5-6,8,11H2,2-4H3,(H,19,20). The smallest absolute Gasteiger partial charge is 0.330 e. The van der Waals surface area contributed by atoms with Crippen LogP contribution < -0.4 is 4.74 Å². The fraction of sp³-hybridized carbons (Fsp3) is 0.471. The van der Waals surface area contributed by atoms with Gasteiger partial charge in [-0.2, -0.15) is 0 Å². The van der Waals surface area contributed by atoms with Gasteiger partial charge in [0, 0.05) is 11.1 Å². The molecule has 0 atom stereocenters. The molecule has 0 radical (unpaired) electrons. The van der Waals surface area contributed by atoms with Crippen molar-refractivity contribution >= 4 is 5.97 Å². The zero-order valence-corrected chi connectivity index (χ0v) is 13.0. The van der Waals surface area contributed by atoms with Crippen LogP contribution in [0.1, 0.15) is 45.6 Å². The number of hydrogen-bond donors (Lipinski definition) is 2. The van der Waals surface area contributed by atoms with E-state index in [2.05, 4.69) is 6.58 Å². The molecule has 0 aliphatic rings. The summed E-state index contributed by atoms with van der Waals surface area (Å²) in [6.45, 7) is 10.0. The number of phenols is 1. The molecule has 0 saturated heterocycles. The molecule has 0 spiro atoms. The van der Waals surface area contributed by atoms with Crippen molar-refractivity contribution in [3.63, 3.8) is 0 Å². The van der Waals surface area contributed by atoms with E-state index in [4.69, 9.17) is 9.84 Å². The van der Waals surface area contributed by atoms with E-state index in [1.165, 1.54) is 0 Å². The van der Waals surface area contributed by atoms with Crippen LogP contribution in [-0.2, 0) is 10.2 Å². The normalized spacial score (nSPS) is 11.2. The Balaban J connectivity index is 2.50. The first-order chi connectivity index (χ1) is 9.73. The molecule has 0 aromatic heterocycles. The van der Waals surface area contributed by atoms with Crippen LogP contribution in [0.5, 0.6) is 11.5 Å². The first kappa shape index (κ1) is 17.1. The zero-order chi connectivity index (χ0) is 16.0. The maximum atomic E-state index is 10.6. The van der Waals surface area contributed by atoms with Gasteiger partial charge in [0.1, 0.15) is 0 Å². The molecular weight excluding hydrogens is 268 g/mol. The molecule has 0 saturated carbocycles. The van der Waals surface area contributed by atoms with Gasteiger partial charge >= 0.3 is 5.97 Å².